The highest BCUT2D eigenvalue weighted by molar-refractivity contribution is 5.74. The van der Waals surface area contributed by atoms with Crippen LogP contribution in [0.2, 0.25) is 0 Å². The third-order valence-electron chi connectivity index (χ3n) is 4.31. The van der Waals surface area contributed by atoms with Crippen LogP contribution in [-0.4, -0.2) is 25.3 Å². The average molecular weight is 388 g/mol. The molecule has 0 N–H and O–H groups in total. The Balaban J connectivity index is 1.96. The van der Waals surface area contributed by atoms with Gasteiger partial charge in [0.15, 0.2) is 17.7 Å². The first-order valence-corrected chi connectivity index (χ1v) is 9.91. The predicted molar refractivity (Wildman–Crippen MR) is 108 cm³/mol. The lowest BCUT2D eigenvalue weighted by atomic mass is 10.1. The molecule has 0 saturated carbocycles. The molecule has 1 unspecified atom stereocenters. The van der Waals surface area contributed by atoms with Crippen LogP contribution in [0.3, 0.4) is 0 Å². The quantitative estimate of drug-likeness (QED) is 0.361. The summed E-state index contributed by atoms with van der Waals surface area (Å²) in [7, 11) is 0. The van der Waals surface area contributed by atoms with E-state index in [-0.39, 0.29) is 11.6 Å². The van der Waals surface area contributed by atoms with E-state index in [9.17, 15) is 9.18 Å². The molecule has 0 heterocycles. The van der Waals surface area contributed by atoms with Crippen molar-refractivity contribution < 1.29 is 23.4 Å². The zero-order valence-electron chi connectivity index (χ0n) is 16.9. The highest BCUT2D eigenvalue weighted by Crippen LogP contribution is 2.27. The topological polar surface area (TPSA) is 44.8 Å². The fourth-order valence-electron chi connectivity index (χ4n) is 2.75. The normalized spacial score (nSPS) is 11.7. The van der Waals surface area contributed by atoms with Gasteiger partial charge in [0.2, 0.25) is 0 Å². The molecule has 0 aliphatic heterocycles. The summed E-state index contributed by atoms with van der Waals surface area (Å²) < 4.78 is 30.4. The first-order chi connectivity index (χ1) is 13.5. The summed E-state index contributed by atoms with van der Waals surface area (Å²) in [6.45, 7) is 6.39. The van der Waals surface area contributed by atoms with Crippen LogP contribution < -0.4 is 9.47 Å². The molecule has 0 amide bonds. The van der Waals surface area contributed by atoms with Crippen LogP contribution in [0.4, 0.5) is 4.39 Å². The Morgan fingerprint density at radius 2 is 1.71 bits per heavy atom. The van der Waals surface area contributed by atoms with E-state index >= 15 is 0 Å². The predicted octanol–water partition coefficient (Wildman–Crippen LogP) is 5.78. The number of ether oxygens (including phenoxy) is 3. The van der Waals surface area contributed by atoms with Gasteiger partial charge in [-0.25, -0.2) is 9.18 Å². The number of halogens is 1. The fourth-order valence-corrected chi connectivity index (χ4v) is 2.75. The summed E-state index contributed by atoms with van der Waals surface area (Å²) >= 11 is 0. The van der Waals surface area contributed by atoms with Crippen LogP contribution in [0.5, 0.6) is 11.5 Å². The van der Waals surface area contributed by atoms with Crippen LogP contribution in [-0.2, 0) is 9.53 Å². The maximum absolute atomic E-state index is 14.3. The van der Waals surface area contributed by atoms with Gasteiger partial charge in [0.1, 0.15) is 5.75 Å². The van der Waals surface area contributed by atoms with E-state index in [4.69, 9.17) is 14.2 Å². The van der Waals surface area contributed by atoms with Gasteiger partial charge < -0.3 is 14.2 Å². The van der Waals surface area contributed by atoms with E-state index < -0.39 is 12.1 Å². The third kappa shape index (κ3) is 6.55. The van der Waals surface area contributed by atoms with Crippen molar-refractivity contribution in [3.63, 3.8) is 0 Å². The summed E-state index contributed by atoms with van der Waals surface area (Å²) in [5.74, 6) is 0.0588. The summed E-state index contributed by atoms with van der Waals surface area (Å²) in [6, 6.07) is 12.1. The summed E-state index contributed by atoms with van der Waals surface area (Å²) in [5, 5.41) is 0. The van der Waals surface area contributed by atoms with Gasteiger partial charge in [0.25, 0.3) is 0 Å². The second-order valence-electron chi connectivity index (χ2n) is 6.59. The molecule has 152 valence electrons. The van der Waals surface area contributed by atoms with Crippen molar-refractivity contribution in [3.8, 4) is 22.6 Å². The lowest BCUT2D eigenvalue weighted by Gasteiger charge is -2.14. The number of esters is 1. The van der Waals surface area contributed by atoms with E-state index in [1.54, 1.807) is 32.0 Å². The Morgan fingerprint density at radius 1 is 1.00 bits per heavy atom. The number of hydrogen-bond donors (Lipinski definition) is 0. The molecule has 0 fully saturated rings. The number of carbonyl (C=O) groups is 1. The molecular weight excluding hydrogens is 359 g/mol. The first kappa shape index (κ1) is 21.7. The molecule has 2 aromatic carbocycles. The van der Waals surface area contributed by atoms with Crippen molar-refractivity contribution in [1.29, 1.82) is 0 Å². The second-order valence-corrected chi connectivity index (χ2v) is 6.59. The molecule has 0 aromatic heterocycles. The van der Waals surface area contributed by atoms with Crippen molar-refractivity contribution in [2.75, 3.05) is 13.2 Å². The minimum absolute atomic E-state index is 0.281. The molecule has 1 atom stereocenters. The molecule has 0 aliphatic rings. The summed E-state index contributed by atoms with van der Waals surface area (Å²) in [6.07, 6.45) is 3.68. The number of hydrogen-bond acceptors (Lipinski definition) is 4. The largest absolute Gasteiger partial charge is 0.491 e. The van der Waals surface area contributed by atoms with Gasteiger partial charge >= 0.3 is 5.97 Å². The number of carbonyl (C=O) groups excluding carboxylic acids is 1. The van der Waals surface area contributed by atoms with E-state index in [2.05, 4.69) is 6.92 Å². The Bertz CT molecular complexity index is 743. The molecule has 2 aromatic rings. The molecule has 28 heavy (non-hydrogen) atoms. The van der Waals surface area contributed by atoms with E-state index in [0.29, 0.717) is 19.0 Å². The minimum Gasteiger partial charge on any atom is -0.491 e. The highest BCUT2D eigenvalue weighted by Gasteiger charge is 2.15. The van der Waals surface area contributed by atoms with Gasteiger partial charge in [0.05, 0.1) is 13.2 Å². The Kier molecular flexibility index (Phi) is 8.79. The zero-order chi connectivity index (χ0) is 20.4. The van der Waals surface area contributed by atoms with Crippen LogP contribution in [0.25, 0.3) is 11.1 Å². The smallest absolute Gasteiger partial charge is 0.347 e. The Labute approximate surface area is 166 Å². The Hall–Kier alpha value is -2.56. The summed E-state index contributed by atoms with van der Waals surface area (Å²) in [4.78, 5) is 11.6. The molecule has 0 saturated heterocycles. The molecule has 0 radical (unpaired) electrons. The Morgan fingerprint density at radius 3 is 2.36 bits per heavy atom. The fraction of sp³-hybridized carbons (Fsp3) is 0.435. The average Bonchev–Trinajstić information content (AvgIpc) is 2.69. The van der Waals surface area contributed by atoms with E-state index in [1.807, 2.05) is 18.2 Å². The molecule has 0 aliphatic carbocycles. The highest BCUT2D eigenvalue weighted by atomic mass is 19.1. The number of unbranched alkanes of at least 4 members (excludes halogenated alkanes) is 3. The van der Waals surface area contributed by atoms with Crippen molar-refractivity contribution in [2.45, 2.75) is 52.6 Å². The van der Waals surface area contributed by atoms with Gasteiger partial charge in [-0.2, -0.15) is 0 Å². The number of rotatable bonds is 11. The van der Waals surface area contributed by atoms with E-state index in [0.717, 1.165) is 30.4 Å². The van der Waals surface area contributed by atoms with Gasteiger partial charge in [-0.15, -0.1) is 0 Å². The summed E-state index contributed by atoms with van der Waals surface area (Å²) in [5.41, 5.74) is 1.60. The van der Waals surface area contributed by atoms with Crippen LogP contribution >= 0.6 is 0 Å². The molecular formula is C23H29FO4. The maximum atomic E-state index is 14.3. The van der Waals surface area contributed by atoms with Gasteiger partial charge in [-0.1, -0.05) is 44.4 Å². The van der Waals surface area contributed by atoms with Gasteiger partial charge in [0, 0.05) is 0 Å². The SMILES string of the molecule is CCCCCCOc1ccc(-c2ccc(OC(C)C(=O)OCC)cc2)cc1F. The van der Waals surface area contributed by atoms with Crippen LogP contribution in [0, 0.1) is 5.82 Å². The molecule has 0 bridgehead atoms. The standard InChI is InChI=1S/C23H29FO4/c1-4-6-7-8-15-27-22-14-11-19(16-21(22)24)18-9-12-20(13-10-18)28-17(3)23(25)26-5-2/h9-14,16-17H,4-8,15H2,1-3H3. The lowest BCUT2D eigenvalue weighted by molar-refractivity contribution is -0.150. The molecule has 0 spiro atoms. The molecule has 4 nitrogen and oxygen atoms in total. The van der Waals surface area contributed by atoms with Crippen LogP contribution in [0.15, 0.2) is 42.5 Å². The van der Waals surface area contributed by atoms with Crippen molar-refractivity contribution in [3.05, 3.63) is 48.3 Å². The first-order valence-electron chi connectivity index (χ1n) is 9.91. The second kappa shape index (κ2) is 11.3. The van der Waals surface area contributed by atoms with Crippen LogP contribution in [0.1, 0.15) is 46.5 Å². The van der Waals surface area contributed by atoms with Gasteiger partial charge in [-0.05, 0) is 55.7 Å². The molecule has 2 rings (SSSR count). The molecule has 5 heteroatoms. The maximum Gasteiger partial charge on any atom is 0.347 e. The minimum atomic E-state index is -0.683. The van der Waals surface area contributed by atoms with Crippen molar-refractivity contribution in [2.24, 2.45) is 0 Å². The third-order valence-corrected chi connectivity index (χ3v) is 4.31. The zero-order valence-corrected chi connectivity index (χ0v) is 16.9. The van der Waals surface area contributed by atoms with Crippen molar-refractivity contribution in [1.82, 2.24) is 0 Å². The monoisotopic (exact) mass is 388 g/mol. The lowest BCUT2D eigenvalue weighted by Crippen LogP contribution is -2.25. The van der Waals surface area contributed by atoms with E-state index in [1.165, 1.54) is 12.5 Å². The van der Waals surface area contributed by atoms with Crippen molar-refractivity contribution >= 4 is 5.97 Å². The number of benzene rings is 2. The van der Waals surface area contributed by atoms with Gasteiger partial charge in [-0.3, -0.25) is 0 Å².